The van der Waals surface area contributed by atoms with Gasteiger partial charge in [-0.3, -0.25) is 19.3 Å². The zero-order chi connectivity index (χ0) is 22.2. The van der Waals surface area contributed by atoms with Crippen LogP contribution in [-0.4, -0.2) is 56.5 Å². The zero-order valence-corrected chi connectivity index (χ0v) is 17.7. The minimum Gasteiger partial charge on any atom is -0.497 e. The molecule has 0 atom stereocenters. The molecule has 0 aromatic heterocycles. The van der Waals surface area contributed by atoms with Crippen molar-refractivity contribution in [1.82, 2.24) is 4.90 Å². The average molecular weight is 425 g/mol. The van der Waals surface area contributed by atoms with Crippen LogP contribution >= 0.6 is 0 Å². The normalized spacial score (nSPS) is 14.5. The van der Waals surface area contributed by atoms with Gasteiger partial charge in [0.2, 0.25) is 5.91 Å². The quantitative estimate of drug-likeness (QED) is 0.662. The highest BCUT2D eigenvalue weighted by Gasteiger charge is 2.26. The van der Waals surface area contributed by atoms with Crippen molar-refractivity contribution in [3.63, 3.8) is 0 Å². The second-order valence-electron chi connectivity index (χ2n) is 7.38. The summed E-state index contributed by atoms with van der Waals surface area (Å²) in [5.74, 6) is 0.0792. The van der Waals surface area contributed by atoms with Crippen LogP contribution in [-0.2, 0) is 14.3 Å². The lowest BCUT2D eigenvalue weighted by Gasteiger charge is -2.29. The molecule has 2 N–H and O–H groups in total. The Kier molecular flexibility index (Phi) is 7.61. The van der Waals surface area contributed by atoms with Gasteiger partial charge in [0, 0.05) is 16.9 Å². The second kappa shape index (κ2) is 10.6. The molecule has 0 spiro atoms. The summed E-state index contributed by atoms with van der Waals surface area (Å²) in [5.41, 5.74) is 1.77. The van der Waals surface area contributed by atoms with E-state index in [4.69, 9.17) is 9.47 Å². The molecule has 0 saturated carbocycles. The van der Waals surface area contributed by atoms with Gasteiger partial charge in [-0.2, -0.15) is 0 Å². The molecule has 2 aromatic rings. The van der Waals surface area contributed by atoms with Gasteiger partial charge in [0.25, 0.3) is 5.91 Å². The molecule has 1 aliphatic heterocycles. The van der Waals surface area contributed by atoms with E-state index in [2.05, 4.69) is 10.6 Å². The first-order valence-electron chi connectivity index (χ1n) is 10.1. The summed E-state index contributed by atoms with van der Waals surface area (Å²) in [6, 6.07) is 13.8. The Balaban J connectivity index is 1.47. The van der Waals surface area contributed by atoms with Crippen LogP contribution in [0.1, 0.15) is 23.2 Å². The zero-order valence-electron chi connectivity index (χ0n) is 17.7. The number of nitrogens with zero attached hydrogens (tertiary/aromatic N) is 1. The molecule has 31 heavy (non-hydrogen) atoms. The third-order valence-electron chi connectivity index (χ3n) is 5.27. The van der Waals surface area contributed by atoms with E-state index in [0.29, 0.717) is 48.6 Å². The number of rotatable bonds is 7. The molecule has 1 aliphatic rings. The molecule has 0 bridgehead atoms. The van der Waals surface area contributed by atoms with E-state index in [1.807, 2.05) is 4.90 Å². The minimum atomic E-state index is -0.239. The van der Waals surface area contributed by atoms with Gasteiger partial charge in [-0.15, -0.1) is 0 Å². The lowest BCUT2D eigenvalue weighted by Crippen LogP contribution is -2.41. The molecular formula is C23H27N3O5. The van der Waals surface area contributed by atoms with Gasteiger partial charge in [-0.1, -0.05) is 0 Å². The molecule has 2 amide bonds. The third-order valence-corrected chi connectivity index (χ3v) is 5.27. The van der Waals surface area contributed by atoms with E-state index >= 15 is 0 Å². The molecule has 2 aromatic carbocycles. The first kappa shape index (κ1) is 22.3. The van der Waals surface area contributed by atoms with Crippen LogP contribution in [0.2, 0.25) is 0 Å². The van der Waals surface area contributed by atoms with E-state index in [-0.39, 0.29) is 30.2 Å². The van der Waals surface area contributed by atoms with Crippen molar-refractivity contribution in [2.45, 2.75) is 12.8 Å². The summed E-state index contributed by atoms with van der Waals surface area (Å²) in [5, 5.41) is 5.66. The lowest BCUT2D eigenvalue weighted by molar-refractivity contribution is -0.147. The standard InChI is InChI=1S/C23H27N3O5/c1-30-20-9-7-19(8-10-20)25-22(28)16-3-5-18(6-4-16)24-21(27)15-26-13-11-17(12-14-26)23(29)31-2/h3-10,17H,11-15H2,1-2H3,(H,24,27)(H,25,28). The highest BCUT2D eigenvalue weighted by molar-refractivity contribution is 6.04. The molecule has 8 heteroatoms. The Morgan fingerprint density at radius 2 is 1.48 bits per heavy atom. The monoisotopic (exact) mass is 425 g/mol. The fraction of sp³-hybridized carbons (Fsp3) is 0.348. The van der Waals surface area contributed by atoms with E-state index in [9.17, 15) is 14.4 Å². The Morgan fingerprint density at radius 3 is 2.06 bits per heavy atom. The van der Waals surface area contributed by atoms with E-state index in [1.54, 1.807) is 55.6 Å². The van der Waals surface area contributed by atoms with Crippen molar-refractivity contribution in [3.05, 3.63) is 54.1 Å². The molecule has 8 nitrogen and oxygen atoms in total. The third kappa shape index (κ3) is 6.29. The highest BCUT2D eigenvalue weighted by atomic mass is 16.5. The Bertz CT molecular complexity index is 904. The summed E-state index contributed by atoms with van der Waals surface area (Å²) in [4.78, 5) is 38.3. The summed E-state index contributed by atoms with van der Waals surface area (Å²) in [7, 11) is 2.98. The Labute approximate surface area is 181 Å². The van der Waals surface area contributed by atoms with Crippen molar-refractivity contribution < 1.29 is 23.9 Å². The van der Waals surface area contributed by atoms with Crippen LogP contribution in [0.15, 0.2) is 48.5 Å². The van der Waals surface area contributed by atoms with Gasteiger partial charge in [0.05, 0.1) is 26.7 Å². The number of methoxy groups -OCH3 is 2. The smallest absolute Gasteiger partial charge is 0.308 e. The molecule has 1 fully saturated rings. The predicted molar refractivity (Wildman–Crippen MR) is 117 cm³/mol. The number of anilines is 2. The lowest BCUT2D eigenvalue weighted by atomic mass is 9.97. The first-order chi connectivity index (χ1) is 15.0. The van der Waals surface area contributed by atoms with Gasteiger partial charge in [0.15, 0.2) is 0 Å². The summed E-state index contributed by atoms with van der Waals surface area (Å²) in [6.07, 6.45) is 1.38. The number of carbonyl (C=O) groups excluding carboxylic acids is 3. The van der Waals surface area contributed by atoms with E-state index < -0.39 is 0 Å². The van der Waals surface area contributed by atoms with Crippen LogP contribution in [0.5, 0.6) is 5.75 Å². The molecule has 1 heterocycles. The van der Waals surface area contributed by atoms with Gasteiger partial charge in [-0.05, 0) is 74.5 Å². The highest BCUT2D eigenvalue weighted by Crippen LogP contribution is 2.19. The van der Waals surface area contributed by atoms with Crippen molar-refractivity contribution in [2.75, 3.05) is 44.5 Å². The van der Waals surface area contributed by atoms with Gasteiger partial charge in [-0.25, -0.2) is 0 Å². The average Bonchev–Trinajstić information content (AvgIpc) is 2.80. The number of likely N-dealkylation sites (tertiary alicyclic amines) is 1. The topological polar surface area (TPSA) is 97.0 Å². The molecule has 1 saturated heterocycles. The molecule has 0 aliphatic carbocycles. The van der Waals surface area contributed by atoms with Crippen molar-refractivity contribution in [2.24, 2.45) is 5.92 Å². The van der Waals surface area contributed by atoms with Gasteiger partial charge >= 0.3 is 5.97 Å². The number of piperidine rings is 1. The number of hydrogen-bond acceptors (Lipinski definition) is 6. The Hall–Kier alpha value is -3.39. The fourth-order valence-electron chi connectivity index (χ4n) is 3.48. The van der Waals surface area contributed by atoms with Gasteiger partial charge in [0.1, 0.15) is 5.75 Å². The number of amides is 2. The summed E-state index contributed by atoms with van der Waals surface area (Å²) >= 11 is 0. The number of ether oxygens (including phenoxy) is 2. The second-order valence-corrected chi connectivity index (χ2v) is 7.38. The Morgan fingerprint density at radius 1 is 0.903 bits per heavy atom. The van der Waals surface area contributed by atoms with Crippen molar-refractivity contribution in [1.29, 1.82) is 0 Å². The number of nitrogens with one attached hydrogen (secondary N) is 2. The molecule has 0 unspecified atom stereocenters. The van der Waals surface area contributed by atoms with Crippen LogP contribution < -0.4 is 15.4 Å². The van der Waals surface area contributed by atoms with Crippen molar-refractivity contribution >= 4 is 29.2 Å². The summed E-state index contributed by atoms with van der Waals surface area (Å²) < 4.78 is 9.89. The van der Waals surface area contributed by atoms with E-state index in [0.717, 1.165) is 0 Å². The summed E-state index contributed by atoms with van der Waals surface area (Å²) in [6.45, 7) is 1.61. The molecule has 164 valence electrons. The number of hydrogen-bond donors (Lipinski definition) is 2. The maximum atomic E-state index is 12.4. The largest absolute Gasteiger partial charge is 0.497 e. The maximum absolute atomic E-state index is 12.4. The molecule has 0 radical (unpaired) electrons. The molecular weight excluding hydrogens is 398 g/mol. The van der Waals surface area contributed by atoms with Gasteiger partial charge < -0.3 is 20.1 Å². The SMILES string of the molecule is COC(=O)C1CCN(CC(=O)Nc2ccc(C(=O)Nc3ccc(OC)cc3)cc2)CC1. The van der Waals surface area contributed by atoms with Crippen LogP contribution in [0.4, 0.5) is 11.4 Å². The van der Waals surface area contributed by atoms with Crippen LogP contribution in [0, 0.1) is 5.92 Å². The predicted octanol–water partition coefficient (Wildman–Crippen LogP) is 2.77. The minimum absolute atomic E-state index is 0.0825. The van der Waals surface area contributed by atoms with Crippen LogP contribution in [0.25, 0.3) is 0 Å². The van der Waals surface area contributed by atoms with E-state index in [1.165, 1.54) is 7.11 Å². The first-order valence-corrected chi connectivity index (χ1v) is 10.1. The maximum Gasteiger partial charge on any atom is 0.308 e. The fourth-order valence-corrected chi connectivity index (χ4v) is 3.48. The van der Waals surface area contributed by atoms with Crippen LogP contribution in [0.3, 0.4) is 0 Å². The number of carbonyl (C=O) groups is 3. The van der Waals surface area contributed by atoms with Crippen molar-refractivity contribution in [3.8, 4) is 5.75 Å². The number of esters is 1. The molecule has 3 rings (SSSR count). The number of benzene rings is 2.